The lowest BCUT2D eigenvalue weighted by molar-refractivity contribution is -0.0390. The third-order valence-corrected chi connectivity index (χ3v) is 5.00. The van der Waals surface area contributed by atoms with E-state index in [-0.39, 0.29) is 0 Å². The van der Waals surface area contributed by atoms with Crippen molar-refractivity contribution in [3.8, 4) is 0 Å². The summed E-state index contributed by atoms with van der Waals surface area (Å²) in [5.74, 6) is 0.686. The number of guanidine groups is 1. The Balaban J connectivity index is 1.51. The van der Waals surface area contributed by atoms with E-state index < -0.39 is 0 Å². The molecule has 2 heterocycles. The summed E-state index contributed by atoms with van der Waals surface area (Å²) in [6.45, 7) is 4.99. The molecule has 2 N–H and O–H groups in total. The monoisotopic (exact) mass is 345 g/mol. The summed E-state index contributed by atoms with van der Waals surface area (Å²) in [6, 6.07) is 8.48. The molecule has 0 spiro atoms. The predicted molar refractivity (Wildman–Crippen MR) is 100 cm³/mol. The number of nitrogens with two attached hydrogens (primary N) is 1. The van der Waals surface area contributed by atoms with Crippen molar-refractivity contribution in [2.45, 2.75) is 57.8 Å². The van der Waals surface area contributed by atoms with Crippen LogP contribution in [0.1, 0.15) is 49.7 Å². The maximum Gasteiger partial charge on any atom is 0.191 e. The van der Waals surface area contributed by atoms with Crippen LogP contribution in [0.3, 0.4) is 0 Å². The molecule has 138 valence electrons. The van der Waals surface area contributed by atoms with Gasteiger partial charge in [0.1, 0.15) is 0 Å². The summed E-state index contributed by atoms with van der Waals surface area (Å²) in [5.41, 5.74) is 8.59. The molecular formula is C20H31N3O2. The number of likely N-dealkylation sites (tertiary alicyclic amines) is 1. The van der Waals surface area contributed by atoms with Crippen molar-refractivity contribution in [1.82, 2.24) is 4.90 Å². The first-order chi connectivity index (χ1) is 12.3. The minimum atomic E-state index is 0.328. The van der Waals surface area contributed by atoms with E-state index in [4.69, 9.17) is 15.2 Å². The molecule has 0 aliphatic carbocycles. The number of ether oxygens (including phenoxy) is 2. The van der Waals surface area contributed by atoms with Gasteiger partial charge in [-0.05, 0) is 36.8 Å². The van der Waals surface area contributed by atoms with Gasteiger partial charge in [0.05, 0.1) is 19.3 Å². The molecule has 1 aromatic rings. The second-order valence-corrected chi connectivity index (χ2v) is 7.02. The van der Waals surface area contributed by atoms with Crippen molar-refractivity contribution in [3.63, 3.8) is 0 Å². The molecule has 0 saturated carbocycles. The van der Waals surface area contributed by atoms with Gasteiger partial charge < -0.3 is 20.1 Å². The molecule has 2 fully saturated rings. The van der Waals surface area contributed by atoms with E-state index in [0.29, 0.717) is 25.2 Å². The molecule has 0 atom stereocenters. The van der Waals surface area contributed by atoms with E-state index in [2.05, 4.69) is 34.2 Å². The van der Waals surface area contributed by atoms with E-state index in [1.807, 2.05) is 0 Å². The zero-order chi connectivity index (χ0) is 17.3. The minimum absolute atomic E-state index is 0.328. The first-order valence-corrected chi connectivity index (χ1v) is 9.63. The second kappa shape index (κ2) is 9.78. The van der Waals surface area contributed by atoms with Crippen LogP contribution in [0, 0.1) is 0 Å². The molecule has 0 bridgehead atoms. The van der Waals surface area contributed by atoms with Crippen LogP contribution in [0.15, 0.2) is 29.3 Å². The van der Waals surface area contributed by atoms with Crippen LogP contribution in [-0.2, 0) is 22.6 Å². The van der Waals surface area contributed by atoms with Gasteiger partial charge in [0.15, 0.2) is 5.96 Å². The van der Waals surface area contributed by atoms with Crippen LogP contribution in [-0.4, -0.2) is 43.3 Å². The highest BCUT2D eigenvalue weighted by Crippen LogP contribution is 2.15. The van der Waals surface area contributed by atoms with Gasteiger partial charge in [-0.2, -0.15) is 0 Å². The zero-order valence-corrected chi connectivity index (χ0v) is 15.2. The summed E-state index contributed by atoms with van der Waals surface area (Å²) in [7, 11) is 0. The Labute approximate surface area is 151 Å². The van der Waals surface area contributed by atoms with Crippen LogP contribution in [0.4, 0.5) is 0 Å². The van der Waals surface area contributed by atoms with E-state index in [9.17, 15) is 0 Å². The number of aliphatic imine (C=N–C) groups is 1. The number of hydrogen-bond acceptors (Lipinski definition) is 3. The Bertz CT molecular complexity index is 548. The van der Waals surface area contributed by atoms with Crippen molar-refractivity contribution in [1.29, 1.82) is 0 Å². The largest absolute Gasteiger partial charge is 0.381 e. The van der Waals surface area contributed by atoms with Crippen LogP contribution in [0.25, 0.3) is 0 Å². The molecule has 2 aliphatic rings. The number of rotatable bonds is 5. The van der Waals surface area contributed by atoms with Gasteiger partial charge in [-0.3, -0.25) is 0 Å². The van der Waals surface area contributed by atoms with Gasteiger partial charge in [-0.1, -0.05) is 37.1 Å². The van der Waals surface area contributed by atoms with Gasteiger partial charge in [0, 0.05) is 26.3 Å². The van der Waals surface area contributed by atoms with Crippen LogP contribution in [0.2, 0.25) is 0 Å². The number of nitrogens with zero attached hydrogens (tertiary/aromatic N) is 2. The Hall–Kier alpha value is -1.59. The number of benzene rings is 1. The van der Waals surface area contributed by atoms with E-state index in [0.717, 1.165) is 39.1 Å². The molecule has 5 nitrogen and oxygen atoms in total. The summed E-state index contributed by atoms with van der Waals surface area (Å²) in [5, 5.41) is 0. The lowest BCUT2D eigenvalue weighted by Gasteiger charge is -2.22. The first-order valence-electron chi connectivity index (χ1n) is 9.63. The van der Waals surface area contributed by atoms with Gasteiger partial charge >= 0.3 is 0 Å². The highest BCUT2D eigenvalue weighted by Gasteiger charge is 2.14. The maximum atomic E-state index is 6.20. The Morgan fingerprint density at radius 1 is 1.12 bits per heavy atom. The lowest BCUT2D eigenvalue weighted by atomic mass is 10.1. The van der Waals surface area contributed by atoms with Crippen LogP contribution in [0.5, 0.6) is 0 Å². The van der Waals surface area contributed by atoms with Crippen LogP contribution >= 0.6 is 0 Å². The zero-order valence-electron chi connectivity index (χ0n) is 15.2. The smallest absolute Gasteiger partial charge is 0.191 e. The Kier molecular flexibility index (Phi) is 7.12. The van der Waals surface area contributed by atoms with Crippen molar-refractivity contribution < 1.29 is 9.47 Å². The summed E-state index contributed by atoms with van der Waals surface area (Å²) >= 11 is 0. The standard InChI is InChI=1S/C20H31N3O2/c21-20(23-10-3-1-2-4-11-23)22-15-17-6-5-7-18(14-17)16-25-19-8-12-24-13-9-19/h5-7,14,19H,1-4,8-13,15-16H2,(H2,21,22). The molecule has 0 radical (unpaired) electrons. The minimum Gasteiger partial charge on any atom is -0.381 e. The molecule has 3 rings (SSSR count). The average Bonchev–Trinajstić information content (AvgIpc) is 2.95. The van der Waals surface area contributed by atoms with Crippen molar-refractivity contribution >= 4 is 5.96 Å². The first kappa shape index (κ1) is 18.2. The fourth-order valence-corrected chi connectivity index (χ4v) is 3.45. The molecule has 2 saturated heterocycles. The third kappa shape index (κ3) is 6.01. The summed E-state index contributed by atoms with van der Waals surface area (Å²) in [6.07, 6.45) is 7.36. The molecule has 5 heteroatoms. The van der Waals surface area contributed by atoms with Crippen LogP contribution < -0.4 is 5.73 Å². The molecule has 2 aliphatic heterocycles. The van der Waals surface area contributed by atoms with Gasteiger partial charge in [-0.15, -0.1) is 0 Å². The van der Waals surface area contributed by atoms with Crippen molar-refractivity contribution in [2.24, 2.45) is 10.7 Å². The van der Waals surface area contributed by atoms with Gasteiger partial charge in [0.25, 0.3) is 0 Å². The van der Waals surface area contributed by atoms with E-state index >= 15 is 0 Å². The molecular weight excluding hydrogens is 314 g/mol. The highest BCUT2D eigenvalue weighted by molar-refractivity contribution is 5.78. The van der Waals surface area contributed by atoms with E-state index in [1.165, 1.54) is 36.8 Å². The summed E-state index contributed by atoms with van der Waals surface area (Å²) in [4.78, 5) is 6.84. The summed E-state index contributed by atoms with van der Waals surface area (Å²) < 4.78 is 11.4. The van der Waals surface area contributed by atoms with Crippen molar-refractivity contribution in [2.75, 3.05) is 26.3 Å². The fourth-order valence-electron chi connectivity index (χ4n) is 3.45. The fraction of sp³-hybridized carbons (Fsp3) is 0.650. The normalized spacial score (nSPS) is 20.5. The predicted octanol–water partition coefficient (Wildman–Crippen LogP) is 3.07. The Morgan fingerprint density at radius 2 is 1.84 bits per heavy atom. The average molecular weight is 345 g/mol. The topological polar surface area (TPSA) is 60.1 Å². The van der Waals surface area contributed by atoms with Gasteiger partial charge in [0.2, 0.25) is 0 Å². The molecule has 25 heavy (non-hydrogen) atoms. The molecule has 0 amide bonds. The highest BCUT2D eigenvalue weighted by atomic mass is 16.5. The number of hydrogen-bond donors (Lipinski definition) is 1. The third-order valence-electron chi connectivity index (χ3n) is 5.00. The quantitative estimate of drug-likeness (QED) is 0.658. The second-order valence-electron chi connectivity index (χ2n) is 7.02. The molecule has 0 aromatic heterocycles. The Morgan fingerprint density at radius 3 is 2.60 bits per heavy atom. The maximum absolute atomic E-state index is 6.20. The molecule has 0 unspecified atom stereocenters. The van der Waals surface area contributed by atoms with E-state index in [1.54, 1.807) is 0 Å². The molecule has 1 aromatic carbocycles. The van der Waals surface area contributed by atoms with Gasteiger partial charge in [-0.25, -0.2) is 4.99 Å². The lowest BCUT2D eigenvalue weighted by Crippen LogP contribution is -2.38. The van der Waals surface area contributed by atoms with Crippen molar-refractivity contribution in [3.05, 3.63) is 35.4 Å². The SMILES string of the molecule is NC(=NCc1cccc(COC2CCOCC2)c1)N1CCCCCC1.